The molecule has 6 heteroatoms. The monoisotopic (exact) mass is 290 g/mol. The Morgan fingerprint density at radius 3 is 2.45 bits per heavy atom. The maximum atomic E-state index is 13.3. The first-order valence-corrected chi connectivity index (χ1v) is 6.40. The average Bonchev–Trinajstić information content (AvgIpc) is 2.38. The molecule has 1 N–H and O–H groups in total. The molecule has 1 aromatic carbocycles. The van der Waals surface area contributed by atoms with Crippen LogP contribution in [0.3, 0.4) is 0 Å². The molecule has 2 unspecified atom stereocenters. The molecule has 2 nitrogen and oxygen atoms in total. The molecule has 0 aliphatic heterocycles. The largest absolute Gasteiger partial charge is 0.481 e. The fourth-order valence-corrected chi connectivity index (χ4v) is 2.82. The van der Waals surface area contributed by atoms with Crippen LogP contribution < -0.4 is 0 Å². The average molecular weight is 290 g/mol. The molecule has 0 aromatic heterocycles. The van der Waals surface area contributed by atoms with Gasteiger partial charge in [-0.2, -0.15) is 13.2 Å². The van der Waals surface area contributed by atoms with Gasteiger partial charge in [0.05, 0.1) is 11.5 Å². The van der Waals surface area contributed by atoms with Crippen molar-refractivity contribution in [2.75, 3.05) is 0 Å². The molecule has 1 aliphatic carbocycles. The van der Waals surface area contributed by atoms with Crippen molar-refractivity contribution in [3.63, 3.8) is 0 Å². The second-order valence-electron chi connectivity index (χ2n) is 5.07. The van der Waals surface area contributed by atoms with Gasteiger partial charge >= 0.3 is 12.1 Å². The summed E-state index contributed by atoms with van der Waals surface area (Å²) in [7, 11) is 0. The van der Waals surface area contributed by atoms with Crippen LogP contribution in [0.1, 0.15) is 42.7 Å². The van der Waals surface area contributed by atoms with Crippen molar-refractivity contribution in [1.29, 1.82) is 0 Å². The molecule has 110 valence electrons. The van der Waals surface area contributed by atoms with E-state index in [1.807, 2.05) is 0 Å². The summed E-state index contributed by atoms with van der Waals surface area (Å²) in [5.41, 5.74) is -1.07. The highest BCUT2D eigenvalue weighted by atomic mass is 19.4. The summed E-state index contributed by atoms with van der Waals surface area (Å²) in [4.78, 5) is 11.2. The van der Waals surface area contributed by atoms with Crippen molar-refractivity contribution in [1.82, 2.24) is 0 Å². The molecule has 0 spiro atoms. The lowest BCUT2D eigenvalue weighted by molar-refractivity contribution is -0.143. The quantitative estimate of drug-likeness (QED) is 0.829. The van der Waals surface area contributed by atoms with Crippen LogP contribution in [0, 0.1) is 11.7 Å². The molecule has 1 fully saturated rings. The molecule has 2 atom stereocenters. The Morgan fingerprint density at radius 2 is 1.85 bits per heavy atom. The van der Waals surface area contributed by atoms with Gasteiger partial charge < -0.3 is 5.11 Å². The summed E-state index contributed by atoms with van der Waals surface area (Å²) in [6.07, 6.45) is -2.29. The first-order valence-electron chi connectivity index (χ1n) is 6.40. The Kier molecular flexibility index (Phi) is 4.01. The molecule has 0 saturated heterocycles. The number of benzene rings is 1. The fourth-order valence-electron chi connectivity index (χ4n) is 2.82. The zero-order chi connectivity index (χ0) is 14.9. The maximum Gasteiger partial charge on any atom is 0.419 e. The first-order chi connectivity index (χ1) is 9.30. The smallest absolute Gasteiger partial charge is 0.419 e. The molecule has 20 heavy (non-hydrogen) atoms. The van der Waals surface area contributed by atoms with E-state index in [4.69, 9.17) is 5.11 Å². The van der Waals surface area contributed by atoms with E-state index in [1.54, 1.807) is 0 Å². The van der Waals surface area contributed by atoms with Crippen molar-refractivity contribution in [2.45, 2.75) is 37.8 Å². The van der Waals surface area contributed by atoms with E-state index in [1.165, 1.54) is 6.07 Å². The van der Waals surface area contributed by atoms with Crippen LogP contribution in [0.2, 0.25) is 0 Å². The SMILES string of the molecule is O=C(O)C1CCCCC1c1ccc(F)c(C(F)(F)F)c1. The van der Waals surface area contributed by atoms with Gasteiger partial charge in [0.25, 0.3) is 0 Å². The van der Waals surface area contributed by atoms with Crippen LogP contribution in [0.15, 0.2) is 18.2 Å². The molecule has 1 aliphatic rings. The van der Waals surface area contributed by atoms with Gasteiger partial charge in [0.2, 0.25) is 0 Å². The number of carboxylic acid groups (broad SMARTS) is 1. The Bertz CT molecular complexity index is 510. The second kappa shape index (κ2) is 5.42. The van der Waals surface area contributed by atoms with E-state index in [2.05, 4.69) is 0 Å². The van der Waals surface area contributed by atoms with E-state index in [-0.39, 0.29) is 5.56 Å². The van der Waals surface area contributed by atoms with Gasteiger partial charge in [-0.15, -0.1) is 0 Å². The normalized spacial score (nSPS) is 23.6. The minimum absolute atomic E-state index is 0.255. The van der Waals surface area contributed by atoms with Crippen LogP contribution in [0.4, 0.5) is 17.6 Å². The van der Waals surface area contributed by atoms with Gasteiger partial charge in [-0.05, 0) is 36.5 Å². The Hall–Kier alpha value is -1.59. The van der Waals surface area contributed by atoms with Crippen LogP contribution in [-0.4, -0.2) is 11.1 Å². The van der Waals surface area contributed by atoms with Crippen molar-refractivity contribution >= 4 is 5.97 Å². The summed E-state index contributed by atoms with van der Waals surface area (Å²) in [6.45, 7) is 0. The Morgan fingerprint density at radius 1 is 1.20 bits per heavy atom. The number of aliphatic carboxylic acids is 1. The van der Waals surface area contributed by atoms with Gasteiger partial charge in [0.1, 0.15) is 5.82 Å². The topological polar surface area (TPSA) is 37.3 Å². The lowest BCUT2D eigenvalue weighted by Crippen LogP contribution is -2.25. The lowest BCUT2D eigenvalue weighted by atomic mass is 9.75. The summed E-state index contributed by atoms with van der Waals surface area (Å²) < 4.78 is 51.3. The van der Waals surface area contributed by atoms with Crippen LogP contribution in [0.5, 0.6) is 0 Å². The molecule has 2 rings (SSSR count). The number of rotatable bonds is 2. The van der Waals surface area contributed by atoms with E-state index in [9.17, 15) is 22.4 Å². The van der Waals surface area contributed by atoms with Crippen molar-refractivity contribution in [2.24, 2.45) is 5.92 Å². The Labute approximate surface area is 113 Å². The predicted molar refractivity (Wildman–Crippen MR) is 63.7 cm³/mol. The van der Waals surface area contributed by atoms with Gasteiger partial charge in [0, 0.05) is 0 Å². The minimum atomic E-state index is -4.77. The number of halogens is 4. The molecule has 0 bridgehead atoms. The van der Waals surface area contributed by atoms with Gasteiger partial charge in [0.15, 0.2) is 0 Å². The zero-order valence-electron chi connectivity index (χ0n) is 10.6. The maximum absolute atomic E-state index is 13.3. The van der Waals surface area contributed by atoms with Gasteiger partial charge in [-0.3, -0.25) is 4.79 Å². The molecule has 0 radical (unpaired) electrons. The highest BCUT2D eigenvalue weighted by molar-refractivity contribution is 5.71. The predicted octanol–water partition coefficient (Wildman–Crippen LogP) is 4.20. The number of carboxylic acids is 1. The summed E-state index contributed by atoms with van der Waals surface area (Å²) in [5.74, 6) is -3.52. The second-order valence-corrected chi connectivity index (χ2v) is 5.07. The zero-order valence-corrected chi connectivity index (χ0v) is 10.6. The minimum Gasteiger partial charge on any atom is -0.481 e. The summed E-state index contributed by atoms with van der Waals surface area (Å²) >= 11 is 0. The number of hydrogen-bond donors (Lipinski definition) is 1. The third-order valence-corrected chi connectivity index (χ3v) is 3.81. The molecular weight excluding hydrogens is 276 g/mol. The summed E-state index contributed by atoms with van der Waals surface area (Å²) in [6, 6.07) is 2.78. The fraction of sp³-hybridized carbons (Fsp3) is 0.500. The Balaban J connectivity index is 2.39. The van der Waals surface area contributed by atoms with Crippen molar-refractivity contribution < 1.29 is 27.5 Å². The number of alkyl halides is 3. The van der Waals surface area contributed by atoms with Crippen molar-refractivity contribution in [3.8, 4) is 0 Å². The molecule has 0 amide bonds. The summed E-state index contributed by atoms with van der Waals surface area (Å²) in [5, 5.41) is 9.16. The third kappa shape index (κ3) is 2.94. The van der Waals surface area contributed by atoms with Crippen LogP contribution >= 0.6 is 0 Å². The standard InChI is InChI=1S/C14H14F4O2/c15-12-6-5-8(7-11(12)14(16,17)18)9-3-1-2-4-10(9)13(19)20/h5-7,9-10H,1-4H2,(H,19,20). The molecular formula is C14H14F4O2. The first kappa shape index (κ1) is 14.8. The van der Waals surface area contributed by atoms with E-state index >= 15 is 0 Å². The highest BCUT2D eigenvalue weighted by Gasteiger charge is 2.37. The van der Waals surface area contributed by atoms with E-state index in [0.29, 0.717) is 12.8 Å². The van der Waals surface area contributed by atoms with E-state index in [0.717, 1.165) is 25.0 Å². The molecule has 1 aromatic rings. The highest BCUT2D eigenvalue weighted by Crippen LogP contribution is 2.40. The third-order valence-electron chi connectivity index (χ3n) is 3.81. The van der Waals surface area contributed by atoms with Crippen LogP contribution in [0.25, 0.3) is 0 Å². The van der Waals surface area contributed by atoms with Gasteiger partial charge in [-0.25, -0.2) is 4.39 Å². The van der Waals surface area contributed by atoms with Gasteiger partial charge in [-0.1, -0.05) is 18.9 Å². The van der Waals surface area contributed by atoms with Crippen molar-refractivity contribution in [3.05, 3.63) is 35.1 Å². The lowest BCUT2D eigenvalue weighted by Gasteiger charge is -2.29. The number of hydrogen-bond acceptors (Lipinski definition) is 1. The molecule has 0 heterocycles. The van der Waals surface area contributed by atoms with E-state index < -0.39 is 35.4 Å². The molecule has 1 saturated carbocycles. The number of carbonyl (C=O) groups is 1. The van der Waals surface area contributed by atoms with Crippen LogP contribution in [-0.2, 0) is 11.0 Å².